The van der Waals surface area contributed by atoms with Gasteiger partial charge in [0, 0.05) is 5.33 Å². The van der Waals surface area contributed by atoms with Gasteiger partial charge in [-0.3, -0.25) is 0 Å². The van der Waals surface area contributed by atoms with Crippen molar-refractivity contribution in [2.24, 2.45) is 0 Å². The van der Waals surface area contributed by atoms with Crippen LogP contribution in [-0.2, 0) is 0 Å². The average Bonchev–Trinajstić information content (AvgIpc) is 2.16. The summed E-state index contributed by atoms with van der Waals surface area (Å²) in [6.07, 6.45) is 3.28. The lowest BCUT2D eigenvalue weighted by atomic mass is 10.2. The molecule has 1 unspecified atom stereocenters. The van der Waals surface area contributed by atoms with Crippen molar-refractivity contribution in [3.05, 3.63) is 42.0 Å². The zero-order valence-electron chi connectivity index (χ0n) is 6.65. The Bertz CT molecular complexity index is 243. The largest absolute Gasteiger partial charge is 0.388 e. The van der Waals surface area contributed by atoms with Gasteiger partial charge in [0.15, 0.2) is 0 Å². The lowest BCUT2D eigenvalue weighted by Crippen LogP contribution is -2.01. The van der Waals surface area contributed by atoms with Crippen molar-refractivity contribution in [2.75, 3.05) is 5.33 Å². The summed E-state index contributed by atoms with van der Waals surface area (Å²) in [5.74, 6) is 0. The van der Waals surface area contributed by atoms with E-state index in [-0.39, 0.29) is 0 Å². The predicted octanol–water partition coefficient (Wildman–Crippen LogP) is 2.46. The van der Waals surface area contributed by atoms with Crippen molar-refractivity contribution in [1.29, 1.82) is 0 Å². The van der Waals surface area contributed by atoms with Crippen LogP contribution >= 0.6 is 15.9 Å². The minimum absolute atomic E-state index is 0.398. The zero-order valence-corrected chi connectivity index (χ0v) is 8.24. The van der Waals surface area contributed by atoms with Crippen molar-refractivity contribution < 1.29 is 5.11 Å². The molecule has 0 spiro atoms. The van der Waals surface area contributed by atoms with Crippen molar-refractivity contribution >= 4 is 22.0 Å². The highest BCUT2D eigenvalue weighted by Gasteiger charge is 1.92. The van der Waals surface area contributed by atoms with Crippen LogP contribution in [-0.4, -0.2) is 16.5 Å². The van der Waals surface area contributed by atoms with Crippen molar-refractivity contribution in [1.82, 2.24) is 0 Å². The fraction of sp³-hybridized carbons (Fsp3) is 0.200. The van der Waals surface area contributed by atoms with Gasteiger partial charge in [-0.05, 0) is 5.56 Å². The van der Waals surface area contributed by atoms with E-state index in [1.54, 1.807) is 6.08 Å². The molecular weight excluding hydrogens is 216 g/mol. The van der Waals surface area contributed by atoms with Gasteiger partial charge in [-0.25, -0.2) is 0 Å². The van der Waals surface area contributed by atoms with E-state index in [9.17, 15) is 5.11 Å². The normalized spacial score (nSPS) is 13.5. The number of aliphatic hydroxyl groups excluding tert-OH is 1. The molecule has 1 atom stereocenters. The SMILES string of the molecule is OC(/C=C/c1ccccc1)CBr. The van der Waals surface area contributed by atoms with E-state index in [2.05, 4.69) is 15.9 Å². The number of hydrogen-bond acceptors (Lipinski definition) is 1. The van der Waals surface area contributed by atoms with E-state index in [4.69, 9.17) is 0 Å². The van der Waals surface area contributed by atoms with Gasteiger partial charge in [0.25, 0.3) is 0 Å². The molecule has 1 aromatic carbocycles. The molecule has 1 aromatic rings. The van der Waals surface area contributed by atoms with Gasteiger partial charge in [-0.1, -0.05) is 58.4 Å². The predicted molar refractivity (Wildman–Crippen MR) is 55.3 cm³/mol. The van der Waals surface area contributed by atoms with Gasteiger partial charge < -0.3 is 5.11 Å². The summed E-state index contributed by atoms with van der Waals surface area (Å²) in [7, 11) is 0. The maximum Gasteiger partial charge on any atom is 0.0820 e. The number of benzene rings is 1. The Morgan fingerprint density at radius 1 is 1.33 bits per heavy atom. The Labute approximate surface area is 80.9 Å². The lowest BCUT2D eigenvalue weighted by molar-refractivity contribution is 0.251. The quantitative estimate of drug-likeness (QED) is 0.786. The molecule has 0 saturated carbocycles. The van der Waals surface area contributed by atoms with Crippen LogP contribution < -0.4 is 0 Å². The summed E-state index contributed by atoms with van der Waals surface area (Å²) in [6.45, 7) is 0. The Kier molecular flexibility index (Phi) is 4.05. The van der Waals surface area contributed by atoms with Crippen LogP contribution in [0.15, 0.2) is 36.4 Å². The van der Waals surface area contributed by atoms with Crippen LogP contribution in [0.1, 0.15) is 5.56 Å². The fourth-order valence-electron chi connectivity index (χ4n) is 0.838. The van der Waals surface area contributed by atoms with Crippen molar-refractivity contribution in [3.63, 3.8) is 0 Å². The molecule has 0 radical (unpaired) electrons. The van der Waals surface area contributed by atoms with Crippen molar-refractivity contribution in [2.45, 2.75) is 6.10 Å². The van der Waals surface area contributed by atoms with E-state index in [1.807, 2.05) is 36.4 Å². The number of aliphatic hydroxyl groups is 1. The molecule has 1 nitrogen and oxygen atoms in total. The molecule has 1 rings (SSSR count). The third-order valence-corrected chi connectivity index (χ3v) is 2.13. The molecule has 0 saturated heterocycles. The lowest BCUT2D eigenvalue weighted by Gasteiger charge is -1.97. The summed E-state index contributed by atoms with van der Waals surface area (Å²) in [6, 6.07) is 9.91. The summed E-state index contributed by atoms with van der Waals surface area (Å²) >= 11 is 3.19. The van der Waals surface area contributed by atoms with Crippen LogP contribution in [0.4, 0.5) is 0 Å². The van der Waals surface area contributed by atoms with Crippen LogP contribution in [0.2, 0.25) is 0 Å². The molecule has 0 aromatic heterocycles. The Hall–Kier alpha value is -0.600. The first-order valence-electron chi connectivity index (χ1n) is 3.80. The van der Waals surface area contributed by atoms with Crippen LogP contribution in [0.3, 0.4) is 0 Å². The first-order valence-corrected chi connectivity index (χ1v) is 4.92. The minimum Gasteiger partial charge on any atom is -0.388 e. The summed E-state index contributed by atoms with van der Waals surface area (Å²) in [5, 5.41) is 9.77. The molecule has 0 amide bonds. The minimum atomic E-state index is -0.398. The van der Waals surface area contributed by atoms with E-state index >= 15 is 0 Å². The Morgan fingerprint density at radius 2 is 2.00 bits per heavy atom. The standard InChI is InChI=1S/C10H11BrO/c11-8-10(12)7-6-9-4-2-1-3-5-9/h1-7,10,12H,8H2/b7-6+. The second kappa shape index (κ2) is 5.12. The third kappa shape index (κ3) is 3.20. The molecule has 12 heavy (non-hydrogen) atoms. The molecule has 64 valence electrons. The van der Waals surface area contributed by atoms with E-state index in [0.717, 1.165) is 5.56 Å². The molecule has 0 aliphatic heterocycles. The smallest absolute Gasteiger partial charge is 0.0820 e. The summed E-state index contributed by atoms with van der Waals surface area (Å²) in [5.41, 5.74) is 1.11. The highest BCUT2D eigenvalue weighted by molar-refractivity contribution is 9.09. The summed E-state index contributed by atoms with van der Waals surface area (Å²) < 4.78 is 0. The maximum atomic E-state index is 9.19. The van der Waals surface area contributed by atoms with E-state index in [0.29, 0.717) is 5.33 Å². The van der Waals surface area contributed by atoms with Gasteiger partial charge >= 0.3 is 0 Å². The summed E-state index contributed by atoms with van der Waals surface area (Å²) in [4.78, 5) is 0. The molecule has 1 N–H and O–H groups in total. The van der Waals surface area contributed by atoms with Gasteiger partial charge in [0.2, 0.25) is 0 Å². The number of halogens is 1. The molecule has 0 fully saturated rings. The number of alkyl halides is 1. The molecule has 0 heterocycles. The monoisotopic (exact) mass is 226 g/mol. The second-order valence-electron chi connectivity index (χ2n) is 2.49. The van der Waals surface area contributed by atoms with E-state index in [1.165, 1.54) is 0 Å². The van der Waals surface area contributed by atoms with Gasteiger partial charge in [0.05, 0.1) is 6.10 Å². The Morgan fingerprint density at radius 3 is 2.58 bits per heavy atom. The molecule has 2 heteroatoms. The van der Waals surface area contributed by atoms with Crippen LogP contribution in [0.5, 0.6) is 0 Å². The first-order chi connectivity index (χ1) is 5.83. The molecule has 0 aliphatic carbocycles. The second-order valence-corrected chi connectivity index (χ2v) is 3.14. The number of rotatable bonds is 3. The highest BCUT2D eigenvalue weighted by Crippen LogP contribution is 2.02. The number of hydrogen-bond donors (Lipinski definition) is 1. The fourth-order valence-corrected chi connectivity index (χ4v) is 1.05. The van der Waals surface area contributed by atoms with Gasteiger partial charge in [-0.15, -0.1) is 0 Å². The van der Waals surface area contributed by atoms with Crippen LogP contribution in [0, 0.1) is 0 Å². The third-order valence-electron chi connectivity index (χ3n) is 1.47. The molecule has 0 aliphatic rings. The topological polar surface area (TPSA) is 20.2 Å². The van der Waals surface area contributed by atoms with Crippen LogP contribution in [0.25, 0.3) is 6.08 Å². The van der Waals surface area contributed by atoms with Gasteiger partial charge in [0.1, 0.15) is 0 Å². The maximum absolute atomic E-state index is 9.19. The van der Waals surface area contributed by atoms with Gasteiger partial charge in [-0.2, -0.15) is 0 Å². The zero-order chi connectivity index (χ0) is 8.81. The molecular formula is C10H11BrO. The Balaban J connectivity index is 2.58. The van der Waals surface area contributed by atoms with Crippen molar-refractivity contribution in [3.8, 4) is 0 Å². The van der Waals surface area contributed by atoms with E-state index < -0.39 is 6.10 Å². The highest BCUT2D eigenvalue weighted by atomic mass is 79.9. The first kappa shape index (κ1) is 9.49. The molecule has 0 bridgehead atoms. The average molecular weight is 227 g/mol.